The van der Waals surface area contributed by atoms with E-state index in [0.29, 0.717) is 0 Å². The maximum absolute atomic E-state index is 12.0. The van der Waals surface area contributed by atoms with Gasteiger partial charge in [-0.25, -0.2) is 13.1 Å². The van der Waals surface area contributed by atoms with E-state index in [2.05, 4.69) is 10.0 Å². The quantitative estimate of drug-likeness (QED) is 0.717. The van der Waals surface area contributed by atoms with Crippen LogP contribution in [0.4, 0.5) is 5.69 Å². The Bertz CT molecular complexity index is 510. The molecular weight excluding hydrogens is 276 g/mol. The smallest absolute Gasteiger partial charge is 0.240 e. The molecule has 0 saturated heterocycles. The zero-order valence-electron chi connectivity index (χ0n) is 12.4. The van der Waals surface area contributed by atoms with Crippen LogP contribution < -0.4 is 10.0 Å². The molecule has 114 valence electrons. The minimum absolute atomic E-state index is 0.0343. The molecule has 0 aliphatic heterocycles. The summed E-state index contributed by atoms with van der Waals surface area (Å²) in [4.78, 5) is 0.238. The SMILES string of the molecule is CC(C)NS(=O)(=O)c1ccc(NC(CO)C(C)C)cc1. The topological polar surface area (TPSA) is 78.4 Å². The summed E-state index contributed by atoms with van der Waals surface area (Å²) in [6.45, 7) is 7.62. The zero-order valence-corrected chi connectivity index (χ0v) is 13.2. The second-order valence-electron chi connectivity index (χ2n) is 5.48. The van der Waals surface area contributed by atoms with Crippen LogP contribution in [0.1, 0.15) is 27.7 Å². The molecule has 0 aromatic heterocycles. The first-order valence-corrected chi connectivity index (χ1v) is 8.24. The van der Waals surface area contributed by atoms with Gasteiger partial charge in [-0.15, -0.1) is 0 Å². The average molecular weight is 300 g/mol. The van der Waals surface area contributed by atoms with Crippen molar-refractivity contribution < 1.29 is 13.5 Å². The fraction of sp³-hybridized carbons (Fsp3) is 0.571. The zero-order chi connectivity index (χ0) is 15.3. The number of benzene rings is 1. The molecule has 1 aromatic carbocycles. The van der Waals surface area contributed by atoms with Crippen molar-refractivity contribution in [2.75, 3.05) is 11.9 Å². The number of nitrogens with one attached hydrogen (secondary N) is 2. The fourth-order valence-corrected chi connectivity index (χ4v) is 3.00. The molecule has 0 spiro atoms. The number of hydrogen-bond acceptors (Lipinski definition) is 4. The Kier molecular flexibility index (Phi) is 5.98. The molecule has 6 heteroatoms. The van der Waals surface area contributed by atoms with Crippen molar-refractivity contribution in [2.45, 2.75) is 44.7 Å². The van der Waals surface area contributed by atoms with Crippen molar-refractivity contribution >= 4 is 15.7 Å². The highest BCUT2D eigenvalue weighted by atomic mass is 32.2. The summed E-state index contributed by atoms with van der Waals surface area (Å²) in [5.41, 5.74) is 0.793. The van der Waals surface area contributed by atoms with Crippen molar-refractivity contribution in [1.29, 1.82) is 0 Å². The molecule has 0 saturated carbocycles. The predicted octanol–water partition coefficient (Wildman–Crippen LogP) is 1.80. The summed E-state index contributed by atoms with van der Waals surface area (Å²) in [7, 11) is -3.45. The highest BCUT2D eigenvalue weighted by Gasteiger charge is 2.16. The van der Waals surface area contributed by atoms with E-state index in [1.54, 1.807) is 38.1 Å². The van der Waals surface area contributed by atoms with Crippen LogP contribution in [0.2, 0.25) is 0 Å². The van der Waals surface area contributed by atoms with Gasteiger partial charge >= 0.3 is 0 Å². The Morgan fingerprint density at radius 1 is 1.10 bits per heavy atom. The Morgan fingerprint density at radius 2 is 1.65 bits per heavy atom. The largest absolute Gasteiger partial charge is 0.394 e. The summed E-state index contributed by atoms with van der Waals surface area (Å²) >= 11 is 0. The van der Waals surface area contributed by atoms with E-state index < -0.39 is 10.0 Å². The highest BCUT2D eigenvalue weighted by molar-refractivity contribution is 7.89. The van der Waals surface area contributed by atoms with Gasteiger partial charge in [0.2, 0.25) is 10.0 Å². The number of anilines is 1. The van der Waals surface area contributed by atoms with Crippen LogP contribution in [0.25, 0.3) is 0 Å². The van der Waals surface area contributed by atoms with Gasteiger partial charge in [-0.05, 0) is 44.0 Å². The van der Waals surface area contributed by atoms with Crippen molar-refractivity contribution in [3.63, 3.8) is 0 Å². The van der Waals surface area contributed by atoms with Crippen molar-refractivity contribution in [2.24, 2.45) is 5.92 Å². The van der Waals surface area contributed by atoms with Gasteiger partial charge < -0.3 is 10.4 Å². The predicted molar refractivity (Wildman–Crippen MR) is 81.2 cm³/mol. The van der Waals surface area contributed by atoms with Gasteiger partial charge in [0, 0.05) is 11.7 Å². The molecule has 5 nitrogen and oxygen atoms in total. The molecule has 0 bridgehead atoms. The van der Waals surface area contributed by atoms with Crippen LogP contribution in [0.3, 0.4) is 0 Å². The van der Waals surface area contributed by atoms with E-state index in [4.69, 9.17) is 0 Å². The van der Waals surface area contributed by atoms with Gasteiger partial charge in [0.1, 0.15) is 0 Å². The normalized spacial score (nSPS) is 13.8. The molecule has 0 amide bonds. The second kappa shape index (κ2) is 7.06. The Balaban J connectivity index is 2.84. The Hall–Kier alpha value is -1.11. The standard InChI is InChI=1S/C14H24N2O3S/c1-10(2)14(9-17)15-12-5-7-13(8-6-12)20(18,19)16-11(3)4/h5-8,10-11,14-17H,9H2,1-4H3. The van der Waals surface area contributed by atoms with Crippen molar-refractivity contribution in [1.82, 2.24) is 4.72 Å². The fourth-order valence-electron chi connectivity index (χ4n) is 1.75. The third-order valence-corrected chi connectivity index (χ3v) is 4.58. The van der Waals surface area contributed by atoms with E-state index in [-0.39, 0.29) is 29.5 Å². The summed E-state index contributed by atoms with van der Waals surface area (Å²) in [5, 5.41) is 12.5. The number of aliphatic hydroxyl groups is 1. The molecule has 0 radical (unpaired) electrons. The van der Waals surface area contributed by atoms with Crippen LogP contribution >= 0.6 is 0 Å². The van der Waals surface area contributed by atoms with Crippen LogP contribution in [0, 0.1) is 5.92 Å². The first-order valence-electron chi connectivity index (χ1n) is 6.76. The van der Waals surface area contributed by atoms with E-state index in [1.165, 1.54) is 0 Å². The molecule has 0 aliphatic carbocycles. The summed E-state index contributed by atoms with van der Waals surface area (Å²) < 4.78 is 26.5. The Labute approximate surface area is 121 Å². The van der Waals surface area contributed by atoms with Crippen molar-refractivity contribution in [3.8, 4) is 0 Å². The third kappa shape index (κ3) is 4.77. The monoisotopic (exact) mass is 300 g/mol. The lowest BCUT2D eigenvalue weighted by Gasteiger charge is -2.21. The molecule has 1 rings (SSSR count). The second-order valence-corrected chi connectivity index (χ2v) is 7.19. The maximum atomic E-state index is 12.0. The number of hydrogen-bond donors (Lipinski definition) is 3. The van der Waals surface area contributed by atoms with Gasteiger partial charge in [0.05, 0.1) is 17.5 Å². The minimum Gasteiger partial charge on any atom is -0.394 e. The van der Waals surface area contributed by atoms with Crippen LogP contribution in [0.15, 0.2) is 29.2 Å². The highest BCUT2D eigenvalue weighted by Crippen LogP contribution is 2.16. The number of sulfonamides is 1. The van der Waals surface area contributed by atoms with Gasteiger partial charge in [0.15, 0.2) is 0 Å². The first kappa shape index (κ1) is 16.9. The van der Waals surface area contributed by atoms with Gasteiger partial charge in [-0.1, -0.05) is 13.8 Å². The van der Waals surface area contributed by atoms with E-state index in [0.717, 1.165) is 5.69 Å². The molecule has 0 fully saturated rings. The summed E-state index contributed by atoms with van der Waals surface area (Å²) in [6.07, 6.45) is 0. The molecule has 1 aromatic rings. The lowest BCUT2D eigenvalue weighted by molar-refractivity contribution is 0.249. The van der Waals surface area contributed by atoms with Crippen molar-refractivity contribution in [3.05, 3.63) is 24.3 Å². The molecule has 0 aliphatic rings. The number of aliphatic hydroxyl groups excluding tert-OH is 1. The summed E-state index contributed by atoms with van der Waals surface area (Å²) in [5.74, 6) is 0.283. The maximum Gasteiger partial charge on any atom is 0.240 e. The van der Waals surface area contributed by atoms with E-state index in [9.17, 15) is 13.5 Å². The van der Waals surface area contributed by atoms with Gasteiger partial charge in [-0.2, -0.15) is 0 Å². The molecule has 1 unspecified atom stereocenters. The minimum atomic E-state index is -3.45. The number of rotatable bonds is 7. The lowest BCUT2D eigenvalue weighted by Crippen LogP contribution is -2.30. The molecule has 0 heterocycles. The summed E-state index contributed by atoms with van der Waals surface area (Å²) in [6, 6.07) is 6.34. The van der Waals surface area contributed by atoms with E-state index >= 15 is 0 Å². The lowest BCUT2D eigenvalue weighted by atomic mass is 10.1. The first-order chi connectivity index (χ1) is 9.26. The molecule has 20 heavy (non-hydrogen) atoms. The van der Waals surface area contributed by atoms with Crippen LogP contribution in [0.5, 0.6) is 0 Å². The molecular formula is C14H24N2O3S. The molecule has 1 atom stereocenters. The van der Waals surface area contributed by atoms with Gasteiger partial charge in [0.25, 0.3) is 0 Å². The molecule has 3 N–H and O–H groups in total. The average Bonchev–Trinajstić information content (AvgIpc) is 2.34. The van der Waals surface area contributed by atoms with Crippen LogP contribution in [-0.2, 0) is 10.0 Å². The van der Waals surface area contributed by atoms with Gasteiger partial charge in [-0.3, -0.25) is 0 Å². The Morgan fingerprint density at radius 3 is 2.05 bits per heavy atom. The third-order valence-electron chi connectivity index (χ3n) is 2.91. The van der Waals surface area contributed by atoms with E-state index in [1.807, 2.05) is 13.8 Å². The van der Waals surface area contributed by atoms with Crippen LogP contribution in [-0.4, -0.2) is 32.2 Å².